The number of nitrogens with zero attached hydrogens (tertiary/aromatic N) is 2. The molecule has 7 heteroatoms. The minimum absolute atomic E-state index is 0.0426. The summed E-state index contributed by atoms with van der Waals surface area (Å²) in [5, 5.41) is 22.1. The van der Waals surface area contributed by atoms with Gasteiger partial charge in [0.1, 0.15) is 6.04 Å². The van der Waals surface area contributed by atoms with E-state index in [1.165, 1.54) is 23.1 Å². The van der Waals surface area contributed by atoms with Crippen molar-refractivity contribution in [3.8, 4) is 0 Å². The number of nitrogens with one attached hydrogen (secondary N) is 1. The molecule has 1 saturated heterocycles. The zero-order valence-electron chi connectivity index (χ0n) is 10.00. The minimum Gasteiger partial charge on any atom is -0.733 e. The van der Waals surface area contributed by atoms with Gasteiger partial charge in [-0.1, -0.05) is 0 Å². The third kappa shape index (κ3) is 1.83. The van der Waals surface area contributed by atoms with Crippen molar-refractivity contribution in [3.05, 3.63) is 29.0 Å². The Hall–Kier alpha value is -2.12. The molecule has 0 saturated carbocycles. The second-order valence-corrected chi connectivity index (χ2v) is 4.65. The number of amides is 2. The minimum atomic E-state index is -0.444. The lowest BCUT2D eigenvalue weighted by molar-refractivity contribution is -0.119. The summed E-state index contributed by atoms with van der Waals surface area (Å²) in [5.41, 5.74) is 0.555. The summed E-state index contributed by atoms with van der Waals surface area (Å²) in [6.07, 6.45) is 1.43. The molecule has 1 atom stereocenters. The normalized spacial score (nSPS) is 21.6. The lowest BCUT2D eigenvalue weighted by Gasteiger charge is -2.23. The second-order valence-electron chi connectivity index (χ2n) is 4.65. The van der Waals surface area contributed by atoms with Gasteiger partial charge >= 0.3 is 0 Å². The number of hydrogen-bond donors (Lipinski definition) is 2. The first-order valence-corrected chi connectivity index (χ1v) is 6.00. The molecule has 19 heavy (non-hydrogen) atoms. The average molecular weight is 262 g/mol. The van der Waals surface area contributed by atoms with E-state index in [1.807, 2.05) is 0 Å². The van der Waals surface area contributed by atoms with E-state index in [9.17, 15) is 14.8 Å². The van der Waals surface area contributed by atoms with Crippen molar-refractivity contribution in [2.24, 2.45) is 0 Å². The predicted molar refractivity (Wildman–Crippen MR) is 66.8 cm³/mol. The van der Waals surface area contributed by atoms with Crippen molar-refractivity contribution in [3.63, 3.8) is 0 Å². The predicted octanol–water partition coefficient (Wildman–Crippen LogP) is 0.937. The van der Waals surface area contributed by atoms with E-state index >= 15 is 0 Å². The van der Waals surface area contributed by atoms with Gasteiger partial charge in [0.2, 0.25) is 5.91 Å². The molecule has 1 unspecified atom stereocenters. The fourth-order valence-corrected chi connectivity index (χ4v) is 2.59. The summed E-state index contributed by atoms with van der Waals surface area (Å²) in [5.74, 6) is -0.500. The smallest absolute Gasteiger partial charge is 0.256 e. The molecular formula is C12H12N3O4-. The largest absolute Gasteiger partial charge is 0.733 e. The maximum Gasteiger partial charge on any atom is 0.256 e. The van der Waals surface area contributed by atoms with Crippen LogP contribution in [-0.4, -0.2) is 34.5 Å². The molecule has 0 aromatic heterocycles. The summed E-state index contributed by atoms with van der Waals surface area (Å²) in [6, 6.07) is 3.63. The zero-order chi connectivity index (χ0) is 13.6. The molecule has 0 bridgehead atoms. The van der Waals surface area contributed by atoms with E-state index in [1.54, 1.807) is 0 Å². The molecule has 2 amide bonds. The third-order valence-corrected chi connectivity index (χ3v) is 3.53. The van der Waals surface area contributed by atoms with E-state index in [0.29, 0.717) is 18.7 Å². The Morgan fingerprint density at radius 3 is 2.95 bits per heavy atom. The molecule has 2 N–H and O–H groups in total. The van der Waals surface area contributed by atoms with Gasteiger partial charge in [0.05, 0.1) is 16.9 Å². The van der Waals surface area contributed by atoms with Crippen LogP contribution in [0.1, 0.15) is 23.2 Å². The highest BCUT2D eigenvalue weighted by molar-refractivity contribution is 6.10. The van der Waals surface area contributed by atoms with Crippen molar-refractivity contribution in [2.75, 3.05) is 17.1 Å². The number of hydrogen-bond acceptors (Lipinski definition) is 5. The molecule has 7 nitrogen and oxygen atoms in total. The molecule has 2 heterocycles. The number of anilines is 2. The monoisotopic (exact) mass is 262 g/mol. The van der Waals surface area contributed by atoms with Crippen LogP contribution in [0.15, 0.2) is 18.2 Å². The quantitative estimate of drug-likeness (QED) is 0.734. The first kappa shape index (κ1) is 11.9. The Kier molecular flexibility index (Phi) is 2.65. The molecule has 3 rings (SSSR count). The Balaban J connectivity index is 2.08. The van der Waals surface area contributed by atoms with E-state index in [2.05, 4.69) is 5.32 Å². The van der Waals surface area contributed by atoms with Gasteiger partial charge in [0, 0.05) is 6.54 Å². The Labute approximate surface area is 108 Å². The number of fused-ring (bicyclic) bond motifs is 2. The standard InChI is InChI=1S/C12H12N3O4/c16-11-10-2-1-5-14(10)12(17)8-6-7(15(18)19)3-4-9(8)13-11/h3-4,6,10,18H,1-2,5H2,(H,13,16)/q-1. The van der Waals surface area contributed by atoms with Gasteiger partial charge in [-0.25, -0.2) is 0 Å². The number of rotatable bonds is 1. The Morgan fingerprint density at radius 1 is 1.42 bits per heavy atom. The first-order valence-electron chi connectivity index (χ1n) is 6.00. The van der Waals surface area contributed by atoms with Crippen LogP contribution in [0.2, 0.25) is 0 Å². The van der Waals surface area contributed by atoms with E-state index in [0.717, 1.165) is 6.42 Å². The Bertz CT molecular complexity index is 558. The summed E-state index contributed by atoms with van der Waals surface area (Å²) >= 11 is 0. The topological polar surface area (TPSA) is 95.9 Å². The van der Waals surface area contributed by atoms with Gasteiger partial charge in [-0.15, -0.1) is 0 Å². The van der Waals surface area contributed by atoms with Crippen molar-refractivity contribution in [2.45, 2.75) is 18.9 Å². The maximum atomic E-state index is 12.4. The van der Waals surface area contributed by atoms with E-state index in [-0.39, 0.29) is 28.3 Å². The van der Waals surface area contributed by atoms with Crippen LogP contribution in [-0.2, 0) is 4.79 Å². The second kappa shape index (κ2) is 4.22. The first-order chi connectivity index (χ1) is 9.08. The molecule has 1 fully saturated rings. The van der Waals surface area contributed by atoms with Crippen LogP contribution in [0.3, 0.4) is 0 Å². The summed E-state index contributed by atoms with van der Waals surface area (Å²) < 4.78 is 0. The molecular weight excluding hydrogens is 250 g/mol. The van der Waals surface area contributed by atoms with Crippen LogP contribution >= 0.6 is 0 Å². The molecule has 2 aliphatic heterocycles. The molecule has 0 aliphatic carbocycles. The fraction of sp³-hybridized carbons (Fsp3) is 0.333. The van der Waals surface area contributed by atoms with E-state index < -0.39 is 6.04 Å². The highest BCUT2D eigenvalue weighted by Gasteiger charge is 2.38. The SMILES string of the molecule is O=C1Nc2ccc(N([O-])O)cc2C(=O)N2CCCC12. The lowest BCUT2D eigenvalue weighted by atomic mass is 10.1. The van der Waals surface area contributed by atoms with Crippen molar-refractivity contribution >= 4 is 23.2 Å². The zero-order valence-corrected chi connectivity index (χ0v) is 10.00. The molecule has 100 valence electrons. The van der Waals surface area contributed by atoms with Gasteiger partial charge in [-0.3, -0.25) is 14.8 Å². The molecule has 1 aromatic rings. The van der Waals surface area contributed by atoms with Crippen LogP contribution < -0.4 is 10.5 Å². The summed E-state index contributed by atoms with van der Waals surface area (Å²) in [4.78, 5) is 25.9. The van der Waals surface area contributed by atoms with Gasteiger partial charge in [-0.05, 0) is 31.0 Å². The van der Waals surface area contributed by atoms with Gasteiger partial charge in [0.15, 0.2) is 0 Å². The van der Waals surface area contributed by atoms with Gasteiger partial charge in [0.25, 0.3) is 5.91 Å². The average Bonchev–Trinajstić information content (AvgIpc) is 2.84. The molecule has 0 radical (unpaired) electrons. The number of carbonyl (C=O) groups excluding carboxylic acids is 2. The van der Waals surface area contributed by atoms with Crippen LogP contribution in [0.5, 0.6) is 0 Å². The number of benzene rings is 1. The third-order valence-electron chi connectivity index (χ3n) is 3.53. The number of carbonyl (C=O) groups is 2. The van der Waals surface area contributed by atoms with E-state index in [4.69, 9.17) is 5.21 Å². The van der Waals surface area contributed by atoms with Crippen molar-refractivity contribution < 1.29 is 14.8 Å². The van der Waals surface area contributed by atoms with Gasteiger partial charge < -0.3 is 20.7 Å². The summed E-state index contributed by atoms with van der Waals surface area (Å²) in [6.45, 7) is 0.529. The Morgan fingerprint density at radius 2 is 2.21 bits per heavy atom. The van der Waals surface area contributed by atoms with Crippen molar-refractivity contribution in [1.29, 1.82) is 0 Å². The highest BCUT2D eigenvalue weighted by atomic mass is 16.8. The molecule has 0 spiro atoms. The fourth-order valence-electron chi connectivity index (χ4n) is 2.59. The van der Waals surface area contributed by atoms with Crippen LogP contribution in [0.4, 0.5) is 11.4 Å². The molecule has 2 aliphatic rings. The van der Waals surface area contributed by atoms with Gasteiger partial charge in [-0.2, -0.15) is 0 Å². The lowest BCUT2D eigenvalue weighted by Crippen LogP contribution is -2.40. The van der Waals surface area contributed by atoms with Crippen molar-refractivity contribution in [1.82, 2.24) is 4.90 Å². The van der Waals surface area contributed by atoms with Crippen LogP contribution in [0, 0.1) is 5.21 Å². The van der Waals surface area contributed by atoms with Crippen LogP contribution in [0.25, 0.3) is 0 Å². The summed E-state index contributed by atoms with van der Waals surface area (Å²) in [7, 11) is 0. The molecule has 1 aromatic carbocycles. The highest BCUT2D eigenvalue weighted by Crippen LogP contribution is 2.30. The maximum absolute atomic E-state index is 12.4.